The number of benzene rings is 2. The van der Waals surface area contributed by atoms with Crippen LogP contribution >= 0.6 is 11.8 Å². The van der Waals surface area contributed by atoms with E-state index in [4.69, 9.17) is 0 Å². The van der Waals surface area contributed by atoms with Gasteiger partial charge in [0.05, 0.1) is 11.4 Å². The number of hydrogen-bond acceptors (Lipinski definition) is 4. The van der Waals surface area contributed by atoms with E-state index in [1.165, 1.54) is 23.9 Å². The number of anilines is 1. The van der Waals surface area contributed by atoms with Crippen LogP contribution in [0.2, 0.25) is 0 Å². The first kappa shape index (κ1) is 21.0. The molecule has 1 atom stereocenters. The van der Waals surface area contributed by atoms with E-state index in [-0.39, 0.29) is 18.0 Å². The second kappa shape index (κ2) is 9.69. The molecule has 152 valence electrons. The molecule has 5 nitrogen and oxygen atoms in total. The van der Waals surface area contributed by atoms with Gasteiger partial charge in [0.15, 0.2) is 5.17 Å². The summed E-state index contributed by atoms with van der Waals surface area (Å²) in [7, 11) is 0. The number of hydrogen-bond donors (Lipinski definition) is 1. The molecule has 0 spiro atoms. The van der Waals surface area contributed by atoms with E-state index >= 15 is 0 Å². The zero-order valence-corrected chi connectivity index (χ0v) is 17.3. The van der Waals surface area contributed by atoms with E-state index in [0.29, 0.717) is 17.6 Å². The van der Waals surface area contributed by atoms with Gasteiger partial charge in [0.25, 0.3) is 0 Å². The van der Waals surface area contributed by atoms with Crippen LogP contribution in [0.4, 0.5) is 15.8 Å². The Hall–Kier alpha value is -2.67. The minimum absolute atomic E-state index is 0.0379. The highest BCUT2D eigenvalue weighted by atomic mass is 32.2. The number of nitrogens with zero attached hydrogens (tertiary/aromatic N) is 2. The van der Waals surface area contributed by atoms with E-state index in [2.05, 4.69) is 24.2 Å². The molecule has 1 saturated heterocycles. The number of halogens is 1. The highest BCUT2D eigenvalue weighted by Gasteiger charge is 2.39. The predicted molar refractivity (Wildman–Crippen MR) is 116 cm³/mol. The van der Waals surface area contributed by atoms with Crippen LogP contribution in [0.25, 0.3) is 0 Å². The summed E-state index contributed by atoms with van der Waals surface area (Å²) in [5, 5.41) is 2.58. The molecular weight excluding hydrogens is 389 g/mol. The molecular formula is C22H24FN3O2S. The minimum atomic E-state index is -0.573. The standard InChI is InChI=1S/C22H24FN3O2S/c1-15(2)12-13-26-21(28)19(29-22(26)24-16-8-4-3-5-9-16)14-20(27)25-18-11-7-6-10-17(18)23/h3-11,15,19H,12-14H2,1-2H3,(H,25,27)/t19-/m0/s1. The van der Waals surface area contributed by atoms with Crippen molar-refractivity contribution in [2.45, 2.75) is 31.9 Å². The molecule has 0 saturated carbocycles. The third-order valence-corrected chi connectivity index (χ3v) is 5.63. The van der Waals surface area contributed by atoms with Crippen molar-refractivity contribution >= 4 is 40.1 Å². The van der Waals surface area contributed by atoms with Gasteiger partial charge in [-0.05, 0) is 36.6 Å². The van der Waals surface area contributed by atoms with Crippen LogP contribution in [0, 0.1) is 11.7 Å². The molecule has 0 aliphatic carbocycles. The van der Waals surface area contributed by atoms with E-state index in [0.717, 1.165) is 12.1 Å². The number of thioether (sulfide) groups is 1. The number of amidine groups is 1. The van der Waals surface area contributed by atoms with Gasteiger partial charge in [0.1, 0.15) is 11.1 Å². The Balaban J connectivity index is 1.73. The smallest absolute Gasteiger partial charge is 0.242 e. The van der Waals surface area contributed by atoms with Crippen LogP contribution in [0.1, 0.15) is 26.7 Å². The van der Waals surface area contributed by atoms with Crippen molar-refractivity contribution in [3.63, 3.8) is 0 Å². The van der Waals surface area contributed by atoms with Crippen molar-refractivity contribution in [2.75, 3.05) is 11.9 Å². The Morgan fingerprint density at radius 2 is 1.86 bits per heavy atom. The van der Waals surface area contributed by atoms with Gasteiger partial charge in [0, 0.05) is 13.0 Å². The van der Waals surface area contributed by atoms with Crippen LogP contribution in [-0.2, 0) is 9.59 Å². The summed E-state index contributed by atoms with van der Waals surface area (Å²) in [5.74, 6) is -0.593. The summed E-state index contributed by atoms with van der Waals surface area (Å²) >= 11 is 1.29. The number of carbonyl (C=O) groups excluding carboxylic acids is 2. The predicted octanol–water partition coefficient (Wildman–Crippen LogP) is 4.83. The van der Waals surface area contributed by atoms with Crippen molar-refractivity contribution in [1.29, 1.82) is 0 Å². The summed E-state index contributed by atoms with van der Waals surface area (Å²) in [6, 6.07) is 15.4. The molecule has 2 aromatic rings. The molecule has 1 aliphatic heterocycles. The quantitative estimate of drug-likeness (QED) is 0.707. The van der Waals surface area contributed by atoms with Gasteiger partial charge >= 0.3 is 0 Å². The van der Waals surface area contributed by atoms with E-state index in [1.54, 1.807) is 17.0 Å². The number of aliphatic imine (C=N–C) groups is 1. The topological polar surface area (TPSA) is 61.8 Å². The van der Waals surface area contributed by atoms with Gasteiger partial charge in [-0.3, -0.25) is 14.5 Å². The summed E-state index contributed by atoms with van der Waals surface area (Å²) < 4.78 is 13.8. The minimum Gasteiger partial charge on any atom is -0.324 e. The summed E-state index contributed by atoms with van der Waals surface area (Å²) in [6.07, 6.45) is 0.804. The zero-order valence-electron chi connectivity index (χ0n) is 16.5. The molecule has 1 N–H and O–H groups in total. The highest BCUT2D eigenvalue weighted by molar-refractivity contribution is 8.15. The van der Waals surface area contributed by atoms with Crippen LogP contribution in [0.3, 0.4) is 0 Å². The maximum absolute atomic E-state index is 13.8. The average Bonchev–Trinajstić information content (AvgIpc) is 2.97. The van der Waals surface area contributed by atoms with Crippen molar-refractivity contribution < 1.29 is 14.0 Å². The van der Waals surface area contributed by atoms with Crippen molar-refractivity contribution in [3.05, 3.63) is 60.4 Å². The molecule has 3 rings (SSSR count). The highest BCUT2D eigenvalue weighted by Crippen LogP contribution is 2.32. The fraction of sp³-hybridized carbons (Fsp3) is 0.318. The van der Waals surface area contributed by atoms with Gasteiger partial charge in [0.2, 0.25) is 11.8 Å². The first-order valence-electron chi connectivity index (χ1n) is 9.60. The van der Waals surface area contributed by atoms with Gasteiger partial charge < -0.3 is 5.32 Å². The molecule has 7 heteroatoms. The third kappa shape index (κ3) is 5.67. The normalized spacial score (nSPS) is 17.9. The Morgan fingerprint density at radius 1 is 1.17 bits per heavy atom. The fourth-order valence-corrected chi connectivity index (χ4v) is 4.05. The molecule has 1 heterocycles. The lowest BCUT2D eigenvalue weighted by atomic mass is 10.1. The zero-order chi connectivity index (χ0) is 20.8. The number of carbonyl (C=O) groups is 2. The number of rotatable bonds is 7. The molecule has 0 unspecified atom stereocenters. The largest absolute Gasteiger partial charge is 0.324 e. The van der Waals surface area contributed by atoms with Crippen LogP contribution in [0.5, 0.6) is 0 Å². The Morgan fingerprint density at radius 3 is 2.55 bits per heavy atom. The van der Waals surface area contributed by atoms with Crippen LogP contribution in [0.15, 0.2) is 59.6 Å². The Bertz CT molecular complexity index is 902. The number of nitrogens with one attached hydrogen (secondary N) is 1. The van der Waals surface area contributed by atoms with Crippen molar-refractivity contribution in [1.82, 2.24) is 4.90 Å². The molecule has 1 fully saturated rings. The molecule has 2 amide bonds. The van der Waals surface area contributed by atoms with E-state index < -0.39 is 17.0 Å². The van der Waals surface area contributed by atoms with Gasteiger partial charge in [-0.15, -0.1) is 0 Å². The molecule has 0 radical (unpaired) electrons. The lowest BCUT2D eigenvalue weighted by Crippen LogP contribution is -2.34. The lowest BCUT2D eigenvalue weighted by molar-refractivity contribution is -0.128. The van der Waals surface area contributed by atoms with Gasteiger partial charge in [-0.1, -0.05) is 55.9 Å². The molecule has 0 bridgehead atoms. The second-order valence-corrected chi connectivity index (χ2v) is 8.41. The first-order chi connectivity index (χ1) is 13.9. The lowest BCUT2D eigenvalue weighted by Gasteiger charge is -2.17. The fourth-order valence-electron chi connectivity index (χ4n) is 2.86. The van der Waals surface area contributed by atoms with Crippen LogP contribution in [-0.4, -0.2) is 33.7 Å². The SMILES string of the molecule is CC(C)CCN1C(=O)[C@H](CC(=O)Nc2ccccc2F)SC1=Nc1ccccc1. The average molecular weight is 414 g/mol. The Kier molecular flexibility index (Phi) is 7.04. The van der Waals surface area contributed by atoms with Crippen molar-refractivity contribution in [2.24, 2.45) is 10.9 Å². The summed E-state index contributed by atoms with van der Waals surface area (Å²) in [5.41, 5.74) is 0.872. The molecule has 2 aromatic carbocycles. The molecule has 1 aliphatic rings. The maximum Gasteiger partial charge on any atom is 0.242 e. The second-order valence-electron chi connectivity index (χ2n) is 7.24. The molecule has 0 aromatic heterocycles. The van der Waals surface area contributed by atoms with Crippen LogP contribution < -0.4 is 5.32 Å². The monoisotopic (exact) mass is 413 g/mol. The number of para-hydroxylation sites is 2. The van der Waals surface area contributed by atoms with Crippen molar-refractivity contribution in [3.8, 4) is 0 Å². The summed E-state index contributed by atoms with van der Waals surface area (Å²) in [4.78, 5) is 31.6. The first-order valence-corrected chi connectivity index (χ1v) is 10.5. The van der Waals surface area contributed by atoms with Gasteiger partial charge in [-0.25, -0.2) is 9.38 Å². The summed E-state index contributed by atoms with van der Waals surface area (Å²) in [6.45, 7) is 4.75. The third-order valence-electron chi connectivity index (χ3n) is 4.45. The maximum atomic E-state index is 13.8. The van der Waals surface area contributed by atoms with E-state index in [1.807, 2.05) is 30.3 Å². The van der Waals surface area contributed by atoms with E-state index in [9.17, 15) is 14.0 Å². The Labute approximate surface area is 174 Å². The van der Waals surface area contributed by atoms with Gasteiger partial charge in [-0.2, -0.15) is 0 Å². The molecule has 29 heavy (non-hydrogen) atoms. The number of amides is 2.